The number of nitrogens with one attached hydrogen (secondary N) is 1. The number of benzene rings is 1. The van der Waals surface area contributed by atoms with Crippen LogP contribution >= 0.6 is 23.2 Å². The van der Waals surface area contributed by atoms with Crippen LogP contribution in [0.5, 0.6) is 0 Å². The Morgan fingerprint density at radius 1 is 1.10 bits per heavy atom. The molecular weight excluding hydrogens is 543 g/mol. The molecule has 2 aromatic heterocycles. The first-order chi connectivity index (χ1) is 18.7. The number of amides is 1. The number of hydrogen-bond acceptors (Lipinski definition) is 7. The van der Waals surface area contributed by atoms with Gasteiger partial charge in [0.05, 0.1) is 23.4 Å². The number of aryl methyl sites for hydroxylation is 1. The minimum Gasteiger partial charge on any atom is -0.481 e. The van der Waals surface area contributed by atoms with E-state index in [2.05, 4.69) is 10.3 Å². The van der Waals surface area contributed by atoms with Gasteiger partial charge in [-0.2, -0.15) is 4.99 Å². The van der Waals surface area contributed by atoms with Crippen molar-refractivity contribution < 1.29 is 14.3 Å². The van der Waals surface area contributed by atoms with Crippen LogP contribution in [0.2, 0.25) is 10.0 Å². The van der Waals surface area contributed by atoms with Gasteiger partial charge in [-0.1, -0.05) is 35.3 Å². The van der Waals surface area contributed by atoms with E-state index < -0.39 is 18.3 Å². The third-order valence-corrected chi connectivity index (χ3v) is 7.17. The van der Waals surface area contributed by atoms with Crippen molar-refractivity contribution in [3.63, 3.8) is 0 Å². The summed E-state index contributed by atoms with van der Waals surface area (Å²) >= 11 is 12.6. The molecule has 0 saturated heterocycles. The largest absolute Gasteiger partial charge is 0.481 e. The average Bonchev–Trinajstić information content (AvgIpc) is 3.45. The van der Waals surface area contributed by atoms with E-state index in [1.807, 2.05) is 37.5 Å². The Bertz CT molecular complexity index is 1560. The predicted octanol–water partition coefficient (Wildman–Crippen LogP) is 4.62. The molecule has 0 radical (unpaired) electrons. The third kappa shape index (κ3) is 4.52. The summed E-state index contributed by atoms with van der Waals surface area (Å²) in [6, 6.07) is 7.93. The van der Waals surface area contributed by atoms with Gasteiger partial charge in [-0.3, -0.25) is 14.5 Å². The summed E-state index contributed by atoms with van der Waals surface area (Å²) in [6.07, 6.45) is 2.66. The maximum Gasteiger partial charge on any atom is 0.279 e. The first-order valence-corrected chi connectivity index (χ1v) is 13.2. The molecule has 0 fully saturated rings. The number of anilines is 1. The van der Waals surface area contributed by atoms with Gasteiger partial charge in [-0.05, 0) is 44.5 Å². The van der Waals surface area contributed by atoms with E-state index in [4.69, 9.17) is 37.7 Å². The van der Waals surface area contributed by atoms with Crippen LogP contribution in [0.15, 0.2) is 52.5 Å². The third-order valence-electron chi connectivity index (χ3n) is 6.72. The lowest BCUT2D eigenvalue weighted by molar-refractivity contribution is 0.0902. The maximum absolute atomic E-state index is 14.1. The number of imidazole rings is 1. The van der Waals surface area contributed by atoms with E-state index in [9.17, 15) is 9.59 Å². The topological polar surface area (TPSA) is 103 Å². The van der Waals surface area contributed by atoms with Crippen molar-refractivity contribution >= 4 is 46.3 Å². The van der Waals surface area contributed by atoms with Crippen LogP contribution in [0.4, 0.5) is 5.69 Å². The lowest BCUT2D eigenvalue weighted by Crippen LogP contribution is -2.36. The van der Waals surface area contributed by atoms with E-state index in [0.717, 1.165) is 5.56 Å². The number of halogens is 2. The lowest BCUT2D eigenvalue weighted by atomic mass is 10.0. The van der Waals surface area contributed by atoms with E-state index in [-0.39, 0.29) is 23.0 Å². The molecular formula is C27H28Cl2N6O4. The Kier molecular flexibility index (Phi) is 7.28. The van der Waals surface area contributed by atoms with Crippen LogP contribution in [-0.4, -0.2) is 46.5 Å². The highest BCUT2D eigenvalue weighted by Gasteiger charge is 2.46. The minimum atomic E-state index is -0.670. The normalized spacial score (nSPS) is 18.7. The Morgan fingerprint density at radius 3 is 2.44 bits per heavy atom. The molecule has 2 aliphatic heterocycles. The van der Waals surface area contributed by atoms with E-state index >= 15 is 0 Å². The van der Waals surface area contributed by atoms with Gasteiger partial charge < -0.3 is 23.9 Å². The smallest absolute Gasteiger partial charge is 0.279 e. The van der Waals surface area contributed by atoms with Gasteiger partial charge in [0.2, 0.25) is 12.2 Å². The second-order valence-electron chi connectivity index (χ2n) is 9.35. The molecule has 4 heterocycles. The molecule has 1 aromatic carbocycles. The number of pyridine rings is 1. The van der Waals surface area contributed by atoms with Gasteiger partial charge in [-0.25, -0.2) is 4.98 Å². The molecule has 0 aliphatic carbocycles. The van der Waals surface area contributed by atoms with Crippen molar-refractivity contribution in [3.05, 3.63) is 85.9 Å². The van der Waals surface area contributed by atoms with Crippen molar-refractivity contribution in [2.75, 3.05) is 19.1 Å². The highest BCUT2D eigenvalue weighted by molar-refractivity contribution is 6.31. The molecule has 2 atom stereocenters. The summed E-state index contributed by atoms with van der Waals surface area (Å²) in [7, 11) is 3.05. The summed E-state index contributed by atoms with van der Waals surface area (Å²) in [6.45, 7) is 6.24. The first-order valence-electron chi connectivity index (χ1n) is 12.4. The highest BCUT2D eigenvalue weighted by atomic mass is 35.5. The standard InChI is InChI=1S/C27H28Cl2N6O4/c1-6-33-13-17(29)11-19(25(33)36)35-21(15-7-9-16(28)10-8-15)22-20(26(35)37)31-23(34(22)14(2)3)18-12-30-27(39-5)32-24(18)38-4/h7-14,21,27,30H,6H2,1-5H3. The van der Waals surface area contributed by atoms with Crippen LogP contribution in [0.3, 0.4) is 0 Å². The lowest BCUT2D eigenvalue weighted by Gasteiger charge is -2.29. The number of ether oxygens (including phenoxy) is 2. The molecule has 1 amide bonds. The Balaban J connectivity index is 1.76. The number of carbonyl (C=O) groups excluding carboxylic acids is 1. The summed E-state index contributed by atoms with van der Waals surface area (Å²) in [5.74, 6) is 0.406. The van der Waals surface area contributed by atoms with Crippen LogP contribution < -0.4 is 15.8 Å². The SMILES string of the molecule is CCn1cc(Cl)cc(N2C(=O)c3nc(C4=CNC(OC)N=C4OC)n(C(C)C)c3C2c2ccc(Cl)cc2)c1=O. The molecule has 2 aliphatic rings. The van der Waals surface area contributed by atoms with Crippen molar-refractivity contribution in [1.82, 2.24) is 19.4 Å². The predicted molar refractivity (Wildman–Crippen MR) is 150 cm³/mol. The van der Waals surface area contributed by atoms with Crippen molar-refractivity contribution in [3.8, 4) is 0 Å². The molecule has 10 nitrogen and oxygen atoms in total. The number of nitrogens with zero attached hydrogens (tertiary/aromatic N) is 5. The molecule has 39 heavy (non-hydrogen) atoms. The average molecular weight is 571 g/mol. The fraction of sp³-hybridized carbons (Fsp3) is 0.333. The summed E-state index contributed by atoms with van der Waals surface area (Å²) in [5, 5.41) is 3.96. The zero-order valence-electron chi connectivity index (χ0n) is 22.1. The zero-order valence-corrected chi connectivity index (χ0v) is 23.6. The molecule has 204 valence electrons. The molecule has 3 aromatic rings. The highest BCUT2D eigenvalue weighted by Crippen LogP contribution is 2.44. The number of methoxy groups -OCH3 is 2. The van der Waals surface area contributed by atoms with E-state index in [1.54, 1.807) is 24.5 Å². The number of carbonyl (C=O) groups is 1. The summed E-state index contributed by atoms with van der Waals surface area (Å²) in [5.41, 5.74) is 2.04. The summed E-state index contributed by atoms with van der Waals surface area (Å²) in [4.78, 5) is 38.3. The van der Waals surface area contributed by atoms with Crippen molar-refractivity contribution in [2.24, 2.45) is 4.99 Å². The molecule has 12 heteroatoms. The first kappa shape index (κ1) is 27.0. The second kappa shape index (κ2) is 10.5. The number of hydrogen-bond donors (Lipinski definition) is 1. The number of aromatic nitrogens is 3. The monoisotopic (exact) mass is 570 g/mol. The number of rotatable bonds is 6. The Labute approximate surface area is 235 Å². The van der Waals surface area contributed by atoms with Crippen LogP contribution in [0, 0.1) is 0 Å². The van der Waals surface area contributed by atoms with Gasteiger partial charge in [0.25, 0.3) is 11.5 Å². The van der Waals surface area contributed by atoms with E-state index in [1.165, 1.54) is 29.8 Å². The second-order valence-corrected chi connectivity index (χ2v) is 10.2. The van der Waals surface area contributed by atoms with Crippen LogP contribution in [0.1, 0.15) is 60.4 Å². The molecule has 2 unspecified atom stereocenters. The number of aliphatic imine (C=N–C) groups is 1. The molecule has 0 bridgehead atoms. The van der Waals surface area contributed by atoms with Crippen molar-refractivity contribution in [1.29, 1.82) is 0 Å². The Morgan fingerprint density at radius 2 is 1.82 bits per heavy atom. The fourth-order valence-electron chi connectivity index (χ4n) is 5.00. The van der Waals surface area contributed by atoms with E-state index in [0.29, 0.717) is 39.6 Å². The fourth-order valence-corrected chi connectivity index (χ4v) is 5.34. The van der Waals surface area contributed by atoms with Gasteiger partial charge in [0, 0.05) is 37.1 Å². The van der Waals surface area contributed by atoms with Gasteiger partial charge in [0.15, 0.2) is 5.69 Å². The van der Waals surface area contributed by atoms with Crippen molar-refractivity contribution in [2.45, 2.75) is 45.8 Å². The molecule has 5 rings (SSSR count). The van der Waals surface area contributed by atoms with Gasteiger partial charge >= 0.3 is 0 Å². The van der Waals surface area contributed by atoms with Gasteiger partial charge in [-0.15, -0.1) is 0 Å². The van der Waals surface area contributed by atoms with Crippen LogP contribution in [-0.2, 0) is 16.0 Å². The maximum atomic E-state index is 14.1. The van der Waals surface area contributed by atoms with Gasteiger partial charge in [0.1, 0.15) is 17.6 Å². The Hall–Kier alpha value is -3.60. The summed E-state index contributed by atoms with van der Waals surface area (Å²) < 4.78 is 14.3. The molecule has 1 N–H and O–H groups in total. The zero-order chi connectivity index (χ0) is 28.0. The molecule has 0 saturated carbocycles. The number of fused-ring (bicyclic) bond motifs is 1. The minimum absolute atomic E-state index is 0.121. The van der Waals surface area contributed by atoms with Crippen LogP contribution in [0.25, 0.3) is 5.57 Å². The molecule has 0 spiro atoms. The quantitative estimate of drug-likeness (QED) is 0.463.